The van der Waals surface area contributed by atoms with Crippen LogP contribution in [0.2, 0.25) is 0 Å². The highest BCUT2D eigenvalue weighted by Gasteiger charge is 2.22. The number of nitrogens with one attached hydrogen (secondary N) is 2. The molecule has 1 heterocycles. The van der Waals surface area contributed by atoms with Gasteiger partial charge in [-0.3, -0.25) is 25.1 Å². The summed E-state index contributed by atoms with van der Waals surface area (Å²) in [5.74, 6) is -0.461. The molecule has 10 heteroatoms. The van der Waals surface area contributed by atoms with Crippen LogP contribution >= 0.6 is 0 Å². The smallest absolute Gasteiger partial charge is 0.269 e. The van der Waals surface area contributed by atoms with E-state index in [0.29, 0.717) is 25.4 Å². The van der Waals surface area contributed by atoms with E-state index in [1.807, 2.05) is 18.5 Å². The van der Waals surface area contributed by atoms with Crippen molar-refractivity contribution in [3.8, 4) is 0 Å². The summed E-state index contributed by atoms with van der Waals surface area (Å²) in [6, 6.07) is 5.77. The molecular weight excluding hydrogens is 442 g/mol. The molecule has 0 fully saturated rings. The molecule has 0 bridgehead atoms. The number of aryl methyl sites for hydroxylation is 1. The van der Waals surface area contributed by atoms with Gasteiger partial charge in [0.2, 0.25) is 15.9 Å². The summed E-state index contributed by atoms with van der Waals surface area (Å²) < 4.78 is 28.7. The number of carbonyl (C=O) groups is 2. The molecule has 1 aromatic carbocycles. The zero-order chi connectivity index (χ0) is 24.8. The highest BCUT2D eigenvalue weighted by molar-refractivity contribution is 7.89. The molecule has 9 nitrogen and oxygen atoms in total. The van der Waals surface area contributed by atoms with Gasteiger partial charge in [-0.15, -0.1) is 0 Å². The second kappa shape index (κ2) is 11.4. The van der Waals surface area contributed by atoms with E-state index in [9.17, 15) is 18.0 Å². The van der Waals surface area contributed by atoms with Gasteiger partial charge in [-0.2, -0.15) is 9.40 Å². The van der Waals surface area contributed by atoms with Gasteiger partial charge in [0.25, 0.3) is 5.91 Å². The Bertz CT molecular complexity index is 1090. The number of nitrogens with zero attached hydrogens (tertiary/aromatic N) is 3. The summed E-state index contributed by atoms with van der Waals surface area (Å²) in [6.45, 7) is 13.2. The van der Waals surface area contributed by atoms with Crippen LogP contribution in [-0.4, -0.2) is 47.4 Å². The van der Waals surface area contributed by atoms with Crippen LogP contribution in [0.15, 0.2) is 29.2 Å². The molecule has 0 saturated carbocycles. The molecular formula is C23H35N5O4S. The minimum atomic E-state index is -3.68. The van der Waals surface area contributed by atoms with Gasteiger partial charge in [0, 0.05) is 37.3 Å². The Hall–Kier alpha value is -2.72. The zero-order valence-corrected chi connectivity index (χ0v) is 21.1. The lowest BCUT2D eigenvalue weighted by Crippen LogP contribution is -2.41. The summed E-state index contributed by atoms with van der Waals surface area (Å²) in [4.78, 5) is 24.8. The highest BCUT2D eigenvalue weighted by Crippen LogP contribution is 2.18. The molecule has 0 radical (unpaired) electrons. The zero-order valence-electron chi connectivity index (χ0n) is 20.3. The standard InChI is InChI=1S/C23H35N5O4S/c1-7-27(8-2)33(31,32)20-11-9-10-19(14-20)23(30)25-24-22(29)13-12-21-17(5)26-28(18(21)6)15-16(3)4/h9-11,14,16H,7-8,12-13,15H2,1-6H3,(H,24,29)(H,25,30). The van der Waals surface area contributed by atoms with Crippen molar-refractivity contribution in [2.24, 2.45) is 5.92 Å². The lowest BCUT2D eigenvalue weighted by Gasteiger charge is -2.18. The van der Waals surface area contributed by atoms with Gasteiger partial charge in [0.1, 0.15) is 0 Å². The third-order valence-electron chi connectivity index (χ3n) is 5.43. The average Bonchev–Trinajstić information content (AvgIpc) is 3.03. The molecule has 0 saturated heterocycles. The maximum Gasteiger partial charge on any atom is 0.269 e. The van der Waals surface area contributed by atoms with Crippen LogP contribution in [-0.2, 0) is 27.8 Å². The van der Waals surface area contributed by atoms with Crippen LogP contribution in [0.4, 0.5) is 0 Å². The van der Waals surface area contributed by atoms with Crippen molar-refractivity contribution in [3.05, 3.63) is 46.8 Å². The molecule has 182 valence electrons. The number of hydrogen-bond donors (Lipinski definition) is 2. The van der Waals surface area contributed by atoms with Gasteiger partial charge in [0.15, 0.2) is 0 Å². The number of carbonyl (C=O) groups excluding carboxylic acids is 2. The molecule has 0 aliphatic heterocycles. The first kappa shape index (κ1) is 26.5. The van der Waals surface area contributed by atoms with E-state index in [-0.39, 0.29) is 22.8 Å². The molecule has 2 N–H and O–H groups in total. The van der Waals surface area contributed by atoms with Crippen LogP contribution < -0.4 is 10.9 Å². The minimum Gasteiger partial charge on any atom is -0.273 e. The first-order chi connectivity index (χ1) is 15.5. The predicted octanol–water partition coefficient (Wildman–Crippen LogP) is 2.58. The van der Waals surface area contributed by atoms with E-state index in [1.165, 1.54) is 28.6 Å². The first-order valence-corrected chi connectivity index (χ1v) is 12.7. The van der Waals surface area contributed by atoms with E-state index < -0.39 is 15.9 Å². The van der Waals surface area contributed by atoms with Gasteiger partial charge in [-0.25, -0.2) is 8.42 Å². The van der Waals surface area contributed by atoms with Crippen molar-refractivity contribution in [3.63, 3.8) is 0 Å². The second-order valence-electron chi connectivity index (χ2n) is 8.34. The van der Waals surface area contributed by atoms with Gasteiger partial charge in [0.05, 0.1) is 10.6 Å². The molecule has 2 rings (SSSR count). The summed E-state index contributed by atoms with van der Waals surface area (Å²) in [5.41, 5.74) is 7.89. The largest absolute Gasteiger partial charge is 0.273 e. The summed E-state index contributed by atoms with van der Waals surface area (Å²) in [6.07, 6.45) is 0.695. The Balaban J connectivity index is 1.98. The van der Waals surface area contributed by atoms with Crippen molar-refractivity contribution in [2.75, 3.05) is 13.1 Å². The molecule has 0 atom stereocenters. The Morgan fingerprint density at radius 3 is 2.39 bits per heavy atom. The average molecular weight is 478 g/mol. The SMILES string of the molecule is CCN(CC)S(=O)(=O)c1cccc(C(=O)NNC(=O)CCc2c(C)nn(CC(C)C)c2C)c1. The quantitative estimate of drug-likeness (QED) is 0.511. The maximum absolute atomic E-state index is 12.7. The number of aromatic nitrogens is 2. The van der Waals surface area contributed by atoms with E-state index in [0.717, 1.165) is 23.5 Å². The lowest BCUT2D eigenvalue weighted by molar-refractivity contribution is -0.121. The third kappa shape index (κ3) is 6.64. The number of benzene rings is 1. The van der Waals surface area contributed by atoms with Crippen molar-refractivity contribution in [2.45, 2.75) is 65.8 Å². The van der Waals surface area contributed by atoms with Gasteiger partial charge in [-0.1, -0.05) is 33.8 Å². The lowest BCUT2D eigenvalue weighted by atomic mass is 10.1. The van der Waals surface area contributed by atoms with E-state index in [1.54, 1.807) is 13.8 Å². The van der Waals surface area contributed by atoms with E-state index >= 15 is 0 Å². The van der Waals surface area contributed by atoms with Gasteiger partial charge < -0.3 is 0 Å². The fraction of sp³-hybridized carbons (Fsp3) is 0.522. The van der Waals surface area contributed by atoms with E-state index in [2.05, 4.69) is 29.8 Å². The number of hydrogen-bond acceptors (Lipinski definition) is 5. The van der Waals surface area contributed by atoms with Crippen LogP contribution in [0.25, 0.3) is 0 Å². The van der Waals surface area contributed by atoms with Gasteiger partial charge >= 0.3 is 0 Å². The maximum atomic E-state index is 12.7. The van der Waals surface area contributed by atoms with Crippen molar-refractivity contribution < 1.29 is 18.0 Å². The summed E-state index contributed by atoms with van der Waals surface area (Å²) in [5, 5.41) is 4.56. The number of hydrazine groups is 1. The molecule has 0 aliphatic carbocycles. The normalized spacial score (nSPS) is 11.8. The molecule has 0 spiro atoms. The fourth-order valence-corrected chi connectivity index (χ4v) is 5.13. The number of amides is 2. The molecule has 1 aromatic heterocycles. The van der Waals surface area contributed by atoms with Crippen molar-refractivity contribution in [1.29, 1.82) is 0 Å². The summed E-state index contributed by atoms with van der Waals surface area (Å²) in [7, 11) is -3.68. The fourth-order valence-electron chi connectivity index (χ4n) is 3.63. The van der Waals surface area contributed by atoms with Crippen LogP contribution in [0, 0.1) is 19.8 Å². The molecule has 33 heavy (non-hydrogen) atoms. The first-order valence-electron chi connectivity index (χ1n) is 11.2. The van der Waals surface area contributed by atoms with Crippen LogP contribution in [0.5, 0.6) is 0 Å². The van der Waals surface area contributed by atoms with Crippen LogP contribution in [0.3, 0.4) is 0 Å². The second-order valence-corrected chi connectivity index (χ2v) is 10.3. The molecule has 2 amide bonds. The van der Waals surface area contributed by atoms with E-state index in [4.69, 9.17) is 0 Å². The van der Waals surface area contributed by atoms with Crippen molar-refractivity contribution >= 4 is 21.8 Å². The third-order valence-corrected chi connectivity index (χ3v) is 7.47. The Labute approximate surface area is 196 Å². The Kier molecular flexibility index (Phi) is 9.18. The van der Waals surface area contributed by atoms with Crippen LogP contribution in [0.1, 0.15) is 61.4 Å². The molecule has 0 aliphatic rings. The van der Waals surface area contributed by atoms with Crippen molar-refractivity contribution in [1.82, 2.24) is 24.9 Å². The monoisotopic (exact) mass is 477 g/mol. The van der Waals surface area contributed by atoms with Gasteiger partial charge in [-0.05, 0) is 49.9 Å². The Morgan fingerprint density at radius 1 is 1.12 bits per heavy atom. The number of rotatable bonds is 10. The Morgan fingerprint density at radius 2 is 1.79 bits per heavy atom. The summed E-state index contributed by atoms with van der Waals surface area (Å²) >= 11 is 0. The molecule has 0 unspecified atom stereocenters. The minimum absolute atomic E-state index is 0.0366. The molecule has 2 aromatic rings. The predicted molar refractivity (Wildman–Crippen MR) is 127 cm³/mol. The highest BCUT2D eigenvalue weighted by atomic mass is 32.2. The topological polar surface area (TPSA) is 113 Å². The number of sulfonamides is 1.